The number of fused-ring (bicyclic) bond motifs is 1. The number of aromatic nitrogens is 2. The molecule has 0 saturated heterocycles. The van der Waals surface area contributed by atoms with Gasteiger partial charge in [-0.05, 0) is 81.3 Å². The average molecular weight is 477 g/mol. The van der Waals surface area contributed by atoms with Gasteiger partial charge >= 0.3 is 0 Å². The summed E-state index contributed by atoms with van der Waals surface area (Å²) in [5.41, 5.74) is 4.27. The van der Waals surface area contributed by atoms with Crippen LogP contribution in [0.25, 0.3) is 11.0 Å². The molecule has 1 amide bonds. The van der Waals surface area contributed by atoms with E-state index in [9.17, 15) is 13.2 Å². The molecule has 34 heavy (non-hydrogen) atoms. The predicted octanol–water partition coefficient (Wildman–Crippen LogP) is 4.96. The Morgan fingerprint density at radius 1 is 1.03 bits per heavy atom. The molecular weight excluding hydrogens is 448 g/mol. The lowest BCUT2D eigenvalue weighted by Crippen LogP contribution is -2.28. The third kappa shape index (κ3) is 4.68. The molecule has 3 aromatic carbocycles. The number of nitrogens with zero attached hydrogens (tertiary/aromatic N) is 2. The lowest BCUT2D eigenvalue weighted by atomic mass is 10.2. The van der Waals surface area contributed by atoms with Crippen molar-refractivity contribution in [3.63, 3.8) is 0 Å². The summed E-state index contributed by atoms with van der Waals surface area (Å²) < 4.78 is 30.3. The number of sulfonamides is 1. The lowest BCUT2D eigenvalue weighted by molar-refractivity contribution is 0.0937. The van der Waals surface area contributed by atoms with Crippen LogP contribution < -0.4 is 10.0 Å². The molecule has 1 heterocycles. The standard InChI is InChI=1S/C26H28N4O3S/c1-5-30-23-9-7-6-8-22(23)28-25(30)19(4)27-26(31)20-12-14-21(15-13-20)29-34(32,33)24-16-17(2)10-11-18(24)3/h6-16,19,29H,5H2,1-4H3,(H,27,31). The van der Waals surface area contributed by atoms with Gasteiger partial charge < -0.3 is 9.88 Å². The highest BCUT2D eigenvalue weighted by Gasteiger charge is 2.20. The van der Waals surface area contributed by atoms with E-state index in [1.165, 1.54) is 0 Å². The summed E-state index contributed by atoms with van der Waals surface area (Å²) in [5.74, 6) is 0.529. The van der Waals surface area contributed by atoms with Crippen molar-refractivity contribution in [2.45, 2.75) is 45.2 Å². The molecule has 7 nitrogen and oxygen atoms in total. The molecule has 4 aromatic rings. The quantitative estimate of drug-likeness (QED) is 0.394. The molecule has 2 N–H and O–H groups in total. The molecule has 0 aliphatic rings. The van der Waals surface area contributed by atoms with Crippen molar-refractivity contribution in [1.82, 2.24) is 14.9 Å². The molecule has 176 valence electrons. The van der Waals surface area contributed by atoms with Crippen molar-refractivity contribution in [1.29, 1.82) is 0 Å². The van der Waals surface area contributed by atoms with E-state index in [4.69, 9.17) is 4.98 Å². The fourth-order valence-corrected chi connectivity index (χ4v) is 5.39. The monoisotopic (exact) mass is 476 g/mol. The summed E-state index contributed by atoms with van der Waals surface area (Å²) in [7, 11) is -3.74. The minimum Gasteiger partial charge on any atom is -0.342 e. The van der Waals surface area contributed by atoms with Crippen molar-refractivity contribution in [2.24, 2.45) is 0 Å². The first-order chi connectivity index (χ1) is 16.2. The fourth-order valence-electron chi connectivity index (χ4n) is 4.00. The molecule has 1 aromatic heterocycles. The maximum Gasteiger partial charge on any atom is 0.262 e. The van der Waals surface area contributed by atoms with E-state index >= 15 is 0 Å². The first kappa shape index (κ1) is 23.5. The summed E-state index contributed by atoms with van der Waals surface area (Å²) in [5, 5.41) is 2.99. The Morgan fingerprint density at radius 2 is 1.74 bits per heavy atom. The molecule has 0 spiro atoms. The third-order valence-electron chi connectivity index (χ3n) is 5.77. The second-order valence-corrected chi connectivity index (χ2v) is 10.0. The van der Waals surface area contributed by atoms with Crippen molar-refractivity contribution in [2.75, 3.05) is 4.72 Å². The highest BCUT2D eigenvalue weighted by atomic mass is 32.2. The third-order valence-corrected chi connectivity index (χ3v) is 7.29. The first-order valence-corrected chi connectivity index (χ1v) is 12.6. The Balaban J connectivity index is 1.49. The second-order valence-electron chi connectivity index (χ2n) is 8.35. The van der Waals surface area contributed by atoms with Gasteiger partial charge in [-0.1, -0.05) is 24.3 Å². The Bertz CT molecular complexity index is 1460. The van der Waals surface area contributed by atoms with Gasteiger partial charge in [0.05, 0.1) is 22.0 Å². The van der Waals surface area contributed by atoms with Crippen molar-refractivity contribution in [3.05, 3.63) is 89.2 Å². The number of hydrogen-bond acceptors (Lipinski definition) is 4. The second kappa shape index (κ2) is 9.30. The SMILES string of the molecule is CCn1c(C(C)NC(=O)c2ccc(NS(=O)(=O)c3cc(C)ccc3C)cc2)nc2ccccc21. The van der Waals surface area contributed by atoms with E-state index < -0.39 is 10.0 Å². The number of hydrogen-bond donors (Lipinski definition) is 2. The number of benzene rings is 3. The summed E-state index contributed by atoms with van der Waals surface area (Å²) in [6.45, 7) is 8.30. The van der Waals surface area contributed by atoms with E-state index in [0.29, 0.717) is 16.8 Å². The topological polar surface area (TPSA) is 93.1 Å². The molecule has 1 unspecified atom stereocenters. The Labute approximate surface area is 199 Å². The predicted molar refractivity (Wildman–Crippen MR) is 134 cm³/mol. The van der Waals surface area contributed by atoms with Crippen LogP contribution >= 0.6 is 0 Å². The zero-order valence-corrected chi connectivity index (χ0v) is 20.5. The minimum absolute atomic E-state index is 0.238. The zero-order chi connectivity index (χ0) is 24.5. The molecule has 0 bridgehead atoms. The van der Waals surface area contributed by atoms with Crippen LogP contribution in [0.2, 0.25) is 0 Å². The molecular formula is C26H28N4O3S. The molecule has 8 heteroatoms. The summed E-state index contributed by atoms with van der Waals surface area (Å²) in [6.07, 6.45) is 0. The number of para-hydroxylation sites is 2. The van der Waals surface area contributed by atoms with E-state index in [1.54, 1.807) is 43.3 Å². The van der Waals surface area contributed by atoms with Crippen molar-refractivity contribution < 1.29 is 13.2 Å². The highest BCUT2D eigenvalue weighted by molar-refractivity contribution is 7.92. The van der Waals surface area contributed by atoms with Crippen molar-refractivity contribution in [3.8, 4) is 0 Å². The normalized spacial score (nSPS) is 12.5. The molecule has 0 aliphatic heterocycles. The van der Waals surface area contributed by atoms with Crippen LogP contribution in [0, 0.1) is 13.8 Å². The zero-order valence-electron chi connectivity index (χ0n) is 19.7. The number of carbonyl (C=O) groups excluding carboxylic acids is 1. The smallest absolute Gasteiger partial charge is 0.262 e. The Hall–Kier alpha value is -3.65. The molecule has 0 saturated carbocycles. The number of anilines is 1. The largest absolute Gasteiger partial charge is 0.342 e. The summed E-state index contributed by atoms with van der Waals surface area (Å²) in [6, 6.07) is 19.3. The van der Waals surface area contributed by atoms with Gasteiger partial charge in [0.1, 0.15) is 5.82 Å². The number of amides is 1. The van der Waals surface area contributed by atoms with E-state index in [-0.39, 0.29) is 16.8 Å². The van der Waals surface area contributed by atoms with Gasteiger partial charge in [0.15, 0.2) is 0 Å². The van der Waals surface area contributed by atoms with Crippen molar-refractivity contribution >= 4 is 32.7 Å². The lowest BCUT2D eigenvalue weighted by Gasteiger charge is -2.16. The maximum absolute atomic E-state index is 12.9. The number of rotatable bonds is 7. The van der Waals surface area contributed by atoms with E-state index in [2.05, 4.69) is 14.6 Å². The average Bonchev–Trinajstić information content (AvgIpc) is 3.19. The number of imidazole rings is 1. The van der Waals surface area contributed by atoms with Gasteiger partial charge in [0.25, 0.3) is 15.9 Å². The van der Waals surface area contributed by atoms with E-state index in [0.717, 1.165) is 29.0 Å². The molecule has 0 radical (unpaired) electrons. The van der Waals surface area contributed by atoms with E-state index in [1.807, 2.05) is 51.1 Å². The van der Waals surface area contributed by atoms with Gasteiger partial charge in [0, 0.05) is 17.8 Å². The summed E-state index contributed by atoms with van der Waals surface area (Å²) >= 11 is 0. The number of aryl methyl sites for hydroxylation is 3. The van der Waals surface area contributed by atoms with Gasteiger partial charge in [-0.15, -0.1) is 0 Å². The van der Waals surface area contributed by atoms with Crippen LogP contribution in [0.1, 0.15) is 47.2 Å². The first-order valence-electron chi connectivity index (χ1n) is 11.2. The molecule has 0 fully saturated rings. The Morgan fingerprint density at radius 3 is 2.44 bits per heavy atom. The van der Waals surface area contributed by atoms with Crippen LogP contribution in [0.3, 0.4) is 0 Å². The maximum atomic E-state index is 12.9. The Kier molecular flexibility index (Phi) is 6.43. The fraction of sp³-hybridized carbons (Fsp3) is 0.231. The van der Waals surface area contributed by atoms with Gasteiger partial charge in [-0.25, -0.2) is 13.4 Å². The number of carbonyl (C=O) groups is 1. The summed E-state index contributed by atoms with van der Waals surface area (Å²) in [4.78, 5) is 17.8. The van der Waals surface area contributed by atoms with Crippen LogP contribution in [0.5, 0.6) is 0 Å². The van der Waals surface area contributed by atoms with Gasteiger partial charge in [0.2, 0.25) is 0 Å². The highest BCUT2D eigenvalue weighted by Crippen LogP contribution is 2.23. The molecule has 1 atom stereocenters. The van der Waals surface area contributed by atoms with Crippen LogP contribution in [-0.2, 0) is 16.6 Å². The number of nitrogens with one attached hydrogen (secondary N) is 2. The molecule has 0 aliphatic carbocycles. The van der Waals surface area contributed by atoms with Crippen LogP contribution in [-0.4, -0.2) is 23.9 Å². The van der Waals surface area contributed by atoms with Gasteiger partial charge in [-0.2, -0.15) is 0 Å². The van der Waals surface area contributed by atoms with Crippen LogP contribution in [0.4, 0.5) is 5.69 Å². The molecule has 4 rings (SSSR count). The van der Waals surface area contributed by atoms with Gasteiger partial charge in [-0.3, -0.25) is 9.52 Å². The minimum atomic E-state index is -3.74. The van der Waals surface area contributed by atoms with Crippen LogP contribution in [0.15, 0.2) is 71.6 Å².